The van der Waals surface area contributed by atoms with E-state index in [-0.39, 0.29) is 5.97 Å². The third kappa shape index (κ3) is 7.26. The molecule has 0 aliphatic carbocycles. The molecule has 0 unspecified atom stereocenters. The molecule has 0 spiro atoms. The standard InChI is InChI=1S/C16H24O2S/c1-3-18-16(17)11-5-4-8-12-19-13-15-10-7-6-9-14(15)2/h6-7,9-10H,3-5,8,11-13H2,1-2H3. The van der Waals surface area contributed by atoms with Crippen molar-refractivity contribution in [3.05, 3.63) is 35.4 Å². The van der Waals surface area contributed by atoms with Gasteiger partial charge in [-0.1, -0.05) is 30.7 Å². The molecule has 0 saturated carbocycles. The molecular formula is C16H24O2S. The Labute approximate surface area is 120 Å². The predicted molar refractivity (Wildman–Crippen MR) is 82.4 cm³/mol. The third-order valence-electron chi connectivity index (χ3n) is 2.99. The molecule has 0 N–H and O–H groups in total. The van der Waals surface area contributed by atoms with Crippen molar-refractivity contribution >= 4 is 17.7 Å². The van der Waals surface area contributed by atoms with Crippen molar-refractivity contribution in [2.45, 2.75) is 45.3 Å². The lowest BCUT2D eigenvalue weighted by Gasteiger charge is -2.05. The largest absolute Gasteiger partial charge is 0.466 e. The van der Waals surface area contributed by atoms with Crippen molar-refractivity contribution in [1.82, 2.24) is 0 Å². The zero-order valence-corrected chi connectivity index (χ0v) is 12.8. The van der Waals surface area contributed by atoms with Crippen molar-refractivity contribution in [1.29, 1.82) is 0 Å². The minimum atomic E-state index is -0.0601. The minimum absolute atomic E-state index is 0.0601. The normalized spacial score (nSPS) is 10.4. The molecule has 1 aromatic carbocycles. The summed E-state index contributed by atoms with van der Waals surface area (Å²) in [5.41, 5.74) is 2.80. The number of hydrogen-bond donors (Lipinski definition) is 0. The van der Waals surface area contributed by atoms with E-state index in [1.165, 1.54) is 17.5 Å². The van der Waals surface area contributed by atoms with Gasteiger partial charge in [0.15, 0.2) is 0 Å². The van der Waals surface area contributed by atoms with Gasteiger partial charge in [0.05, 0.1) is 6.61 Å². The lowest BCUT2D eigenvalue weighted by atomic mass is 10.1. The Morgan fingerprint density at radius 2 is 2.00 bits per heavy atom. The second-order valence-corrected chi connectivity index (χ2v) is 5.70. The fourth-order valence-corrected chi connectivity index (χ4v) is 2.93. The number of ether oxygens (including phenoxy) is 1. The minimum Gasteiger partial charge on any atom is -0.466 e. The average Bonchev–Trinajstić information content (AvgIpc) is 2.40. The van der Waals surface area contributed by atoms with Crippen molar-refractivity contribution in [2.75, 3.05) is 12.4 Å². The van der Waals surface area contributed by atoms with Crippen LogP contribution in [0.1, 0.15) is 43.7 Å². The van der Waals surface area contributed by atoms with Crippen LogP contribution in [-0.2, 0) is 15.3 Å². The van der Waals surface area contributed by atoms with E-state index in [1.54, 1.807) is 0 Å². The molecule has 0 radical (unpaired) electrons. The number of carbonyl (C=O) groups excluding carboxylic acids is 1. The highest BCUT2D eigenvalue weighted by Crippen LogP contribution is 2.17. The molecule has 19 heavy (non-hydrogen) atoms. The Morgan fingerprint density at radius 1 is 1.21 bits per heavy atom. The second kappa shape index (κ2) is 9.90. The Hall–Kier alpha value is -0.960. The summed E-state index contributed by atoms with van der Waals surface area (Å²) in [6, 6.07) is 8.54. The van der Waals surface area contributed by atoms with Gasteiger partial charge in [-0.15, -0.1) is 0 Å². The average molecular weight is 280 g/mol. The highest BCUT2D eigenvalue weighted by atomic mass is 32.2. The summed E-state index contributed by atoms with van der Waals surface area (Å²) >= 11 is 1.97. The zero-order valence-electron chi connectivity index (χ0n) is 12.0. The van der Waals surface area contributed by atoms with Gasteiger partial charge in [-0.2, -0.15) is 11.8 Å². The van der Waals surface area contributed by atoms with E-state index < -0.39 is 0 Å². The van der Waals surface area contributed by atoms with E-state index >= 15 is 0 Å². The van der Waals surface area contributed by atoms with Crippen LogP contribution in [0.5, 0.6) is 0 Å². The monoisotopic (exact) mass is 280 g/mol. The summed E-state index contributed by atoms with van der Waals surface area (Å²) in [7, 11) is 0. The zero-order chi connectivity index (χ0) is 13.9. The van der Waals surface area contributed by atoms with E-state index in [4.69, 9.17) is 4.74 Å². The number of carbonyl (C=O) groups is 1. The number of thioether (sulfide) groups is 1. The van der Waals surface area contributed by atoms with Crippen LogP contribution in [0, 0.1) is 6.92 Å². The SMILES string of the molecule is CCOC(=O)CCCCCSCc1ccccc1C. The summed E-state index contributed by atoms with van der Waals surface area (Å²) in [6.45, 7) is 4.50. The van der Waals surface area contributed by atoms with Gasteiger partial charge in [0, 0.05) is 12.2 Å². The number of aryl methyl sites for hydroxylation is 1. The van der Waals surface area contributed by atoms with Gasteiger partial charge >= 0.3 is 5.97 Å². The van der Waals surface area contributed by atoms with E-state index in [2.05, 4.69) is 31.2 Å². The first kappa shape index (κ1) is 16.1. The van der Waals surface area contributed by atoms with Crippen molar-refractivity contribution in [3.63, 3.8) is 0 Å². The first-order valence-corrected chi connectivity index (χ1v) is 8.17. The predicted octanol–water partition coefficient (Wildman–Crippen LogP) is 4.35. The van der Waals surface area contributed by atoms with Crippen LogP contribution in [0.2, 0.25) is 0 Å². The topological polar surface area (TPSA) is 26.3 Å². The number of esters is 1. The summed E-state index contributed by atoms with van der Waals surface area (Å²) in [5, 5.41) is 0. The van der Waals surface area contributed by atoms with Gasteiger partial charge in [0.25, 0.3) is 0 Å². The van der Waals surface area contributed by atoms with Gasteiger partial charge in [-0.25, -0.2) is 0 Å². The molecule has 0 aliphatic heterocycles. The first-order chi connectivity index (χ1) is 9.24. The van der Waals surface area contributed by atoms with Crippen molar-refractivity contribution < 1.29 is 9.53 Å². The van der Waals surface area contributed by atoms with Crippen LogP contribution in [0.4, 0.5) is 0 Å². The van der Waals surface area contributed by atoms with E-state index in [0.717, 1.165) is 24.3 Å². The molecule has 0 amide bonds. The van der Waals surface area contributed by atoms with E-state index in [1.807, 2.05) is 18.7 Å². The molecule has 2 nitrogen and oxygen atoms in total. The van der Waals surface area contributed by atoms with Crippen LogP contribution < -0.4 is 0 Å². The van der Waals surface area contributed by atoms with Gasteiger partial charge in [0.1, 0.15) is 0 Å². The highest BCUT2D eigenvalue weighted by molar-refractivity contribution is 7.98. The van der Waals surface area contributed by atoms with E-state index in [0.29, 0.717) is 13.0 Å². The van der Waals surface area contributed by atoms with Crippen LogP contribution in [-0.4, -0.2) is 18.3 Å². The molecule has 1 rings (SSSR count). The van der Waals surface area contributed by atoms with Crippen molar-refractivity contribution in [2.24, 2.45) is 0 Å². The molecule has 3 heteroatoms. The molecule has 0 saturated heterocycles. The maximum absolute atomic E-state index is 11.1. The number of benzene rings is 1. The summed E-state index contributed by atoms with van der Waals surface area (Å²) in [5.74, 6) is 2.19. The Balaban J connectivity index is 2.00. The summed E-state index contributed by atoms with van der Waals surface area (Å²) < 4.78 is 4.90. The first-order valence-electron chi connectivity index (χ1n) is 7.02. The quantitative estimate of drug-likeness (QED) is 0.497. The highest BCUT2D eigenvalue weighted by Gasteiger charge is 2.01. The lowest BCUT2D eigenvalue weighted by molar-refractivity contribution is -0.143. The number of hydrogen-bond acceptors (Lipinski definition) is 3. The van der Waals surface area contributed by atoms with Gasteiger partial charge in [0.2, 0.25) is 0 Å². The molecule has 0 aliphatic rings. The molecule has 0 bridgehead atoms. The van der Waals surface area contributed by atoms with Crippen LogP contribution >= 0.6 is 11.8 Å². The molecule has 106 valence electrons. The molecule has 0 aromatic heterocycles. The van der Waals surface area contributed by atoms with Gasteiger partial charge < -0.3 is 4.74 Å². The molecular weight excluding hydrogens is 256 g/mol. The maximum Gasteiger partial charge on any atom is 0.305 e. The molecule has 1 aromatic rings. The fraction of sp³-hybridized carbons (Fsp3) is 0.562. The van der Waals surface area contributed by atoms with Gasteiger partial charge in [-0.05, 0) is 43.6 Å². The van der Waals surface area contributed by atoms with E-state index in [9.17, 15) is 4.79 Å². The Bertz CT molecular complexity index is 377. The lowest BCUT2D eigenvalue weighted by Crippen LogP contribution is -2.03. The summed E-state index contributed by atoms with van der Waals surface area (Å²) in [6.07, 6.45) is 3.80. The molecule has 0 heterocycles. The maximum atomic E-state index is 11.1. The van der Waals surface area contributed by atoms with Crippen molar-refractivity contribution in [3.8, 4) is 0 Å². The second-order valence-electron chi connectivity index (χ2n) is 4.59. The number of unbranched alkanes of at least 4 members (excludes halogenated alkanes) is 2. The number of rotatable bonds is 9. The van der Waals surface area contributed by atoms with Gasteiger partial charge in [-0.3, -0.25) is 4.79 Å². The Morgan fingerprint density at radius 3 is 2.74 bits per heavy atom. The summed E-state index contributed by atoms with van der Waals surface area (Å²) in [4.78, 5) is 11.1. The smallest absolute Gasteiger partial charge is 0.305 e. The Kier molecular flexibility index (Phi) is 8.39. The molecule has 0 fully saturated rings. The third-order valence-corrected chi connectivity index (χ3v) is 4.09. The fourth-order valence-electron chi connectivity index (χ4n) is 1.84. The van der Waals surface area contributed by atoms with Crippen LogP contribution in [0.25, 0.3) is 0 Å². The van der Waals surface area contributed by atoms with Crippen LogP contribution in [0.15, 0.2) is 24.3 Å². The molecule has 0 atom stereocenters. The van der Waals surface area contributed by atoms with Crippen LogP contribution in [0.3, 0.4) is 0 Å².